The Morgan fingerprint density at radius 1 is 0.797 bits per heavy atom. The highest BCUT2D eigenvalue weighted by Gasteiger charge is 2.32. The predicted molar refractivity (Wildman–Crippen MR) is 232 cm³/mol. The number of hydrogen-bond donors (Lipinski definition) is 4. The van der Waals surface area contributed by atoms with Crippen molar-refractivity contribution in [1.82, 2.24) is 25.0 Å². The van der Waals surface area contributed by atoms with Crippen LogP contribution in [-0.4, -0.2) is 95.8 Å². The molecule has 19 heteroatoms. The van der Waals surface area contributed by atoms with Crippen LogP contribution in [0.25, 0.3) is 11.3 Å². The molecule has 9 rings (SSSR count). The first kappa shape index (κ1) is 42.3. The second-order valence-corrected chi connectivity index (χ2v) is 16.4. The molecule has 0 saturated carbocycles. The Hall–Kier alpha value is -7.02. The van der Waals surface area contributed by atoms with E-state index in [9.17, 15) is 32.3 Å². The lowest BCUT2D eigenvalue weighted by Crippen LogP contribution is -2.49. The number of carbonyl (C=O) groups excluding carboxylic acids is 4. The van der Waals surface area contributed by atoms with Gasteiger partial charge in [0.2, 0.25) is 5.91 Å². The van der Waals surface area contributed by atoms with E-state index in [0.717, 1.165) is 105 Å². The van der Waals surface area contributed by atoms with Crippen LogP contribution in [0.2, 0.25) is 0 Å². The minimum Gasteiger partial charge on any atom is -0.372 e. The monoisotopic (exact) mass is 879 g/mol. The third-order valence-corrected chi connectivity index (χ3v) is 12.4. The number of aromatic nitrogens is 3. The molecule has 4 aliphatic heterocycles. The molecule has 15 nitrogen and oxygen atoms in total. The topological polar surface area (TPSA) is 174 Å². The van der Waals surface area contributed by atoms with E-state index >= 15 is 4.39 Å². The molecule has 6 heterocycles. The number of halogens is 4. The van der Waals surface area contributed by atoms with Crippen molar-refractivity contribution in [2.24, 2.45) is 11.7 Å². The summed E-state index contributed by atoms with van der Waals surface area (Å²) in [5, 5.41) is 12.5. The van der Waals surface area contributed by atoms with Gasteiger partial charge in [-0.2, -0.15) is 18.3 Å². The standard InChI is InChI=1S/C45H45F4N11O4/c46-35-24-29(43(63)53-37-25-30(9-14-51-37)45(47,48)49)1-7-34(35)40-39(41(50)62)42-52-36-8-6-33(23-28(36)12-18-60(42)55-40)58-21-19-56(20-22-58)26-27-10-15-57(16-11-27)31-2-4-32(5-3-31)59-17-13-38(61)54-44(59)64/h1-9,14,23-25,27,52H,10-13,15-22,26H2,(H2,50,62)(H,51,53,63)(H,54,61,64). The first-order valence-corrected chi connectivity index (χ1v) is 21.2. The molecule has 3 aromatic carbocycles. The zero-order valence-corrected chi connectivity index (χ0v) is 34.6. The molecule has 64 heavy (non-hydrogen) atoms. The van der Waals surface area contributed by atoms with E-state index in [2.05, 4.69) is 58.9 Å². The van der Waals surface area contributed by atoms with E-state index in [1.807, 2.05) is 24.3 Å². The highest BCUT2D eigenvalue weighted by molar-refractivity contribution is 6.07. The van der Waals surface area contributed by atoms with Crippen LogP contribution in [0.15, 0.2) is 79.0 Å². The number of piperazine rings is 1. The Morgan fingerprint density at radius 3 is 2.22 bits per heavy atom. The van der Waals surface area contributed by atoms with E-state index in [1.165, 1.54) is 12.1 Å². The number of pyridine rings is 1. The number of alkyl halides is 3. The lowest BCUT2D eigenvalue weighted by Gasteiger charge is -2.40. The summed E-state index contributed by atoms with van der Waals surface area (Å²) < 4.78 is 56.7. The van der Waals surface area contributed by atoms with Gasteiger partial charge in [0.1, 0.15) is 28.7 Å². The SMILES string of the molecule is NC(=O)c1c(-c2ccc(C(=O)Nc3cc(C(F)(F)F)ccn3)cc2F)nn2c1Nc1ccc(N3CCN(CC4CCN(c5ccc(N6CCC(=O)NC6=O)cc5)CC4)CC3)cc1CC2. The van der Waals surface area contributed by atoms with Gasteiger partial charge in [-0.25, -0.2) is 18.9 Å². The van der Waals surface area contributed by atoms with Crippen molar-refractivity contribution in [2.45, 2.75) is 38.4 Å². The summed E-state index contributed by atoms with van der Waals surface area (Å²) in [6, 6.07) is 18.7. The summed E-state index contributed by atoms with van der Waals surface area (Å²) in [4.78, 5) is 62.2. The molecular weight excluding hydrogens is 835 g/mol. The normalized spacial score (nSPS) is 17.3. The molecule has 4 aliphatic rings. The first-order chi connectivity index (χ1) is 30.8. The number of rotatable bonds is 9. The molecule has 0 aliphatic carbocycles. The number of urea groups is 1. The van der Waals surface area contributed by atoms with Gasteiger partial charge in [0.25, 0.3) is 11.8 Å². The average molecular weight is 880 g/mol. The molecule has 0 bridgehead atoms. The Bertz CT molecular complexity index is 2620. The van der Waals surface area contributed by atoms with Crippen molar-refractivity contribution >= 4 is 58.1 Å². The Labute approximate surface area is 365 Å². The predicted octanol–water partition coefficient (Wildman–Crippen LogP) is 6.24. The number of anilines is 6. The molecule has 0 unspecified atom stereocenters. The number of benzene rings is 3. The molecule has 5 aromatic rings. The summed E-state index contributed by atoms with van der Waals surface area (Å²) in [6.45, 7) is 7.38. The lowest BCUT2D eigenvalue weighted by atomic mass is 9.95. The van der Waals surface area contributed by atoms with Gasteiger partial charge >= 0.3 is 12.2 Å². The van der Waals surface area contributed by atoms with E-state index in [-0.39, 0.29) is 40.1 Å². The number of hydrogen-bond acceptors (Lipinski definition) is 10. The number of piperidine rings is 1. The molecule has 3 fully saturated rings. The van der Waals surface area contributed by atoms with E-state index in [4.69, 9.17) is 5.73 Å². The highest BCUT2D eigenvalue weighted by Crippen LogP contribution is 2.37. The number of nitrogens with one attached hydrogen (secondary N) is 3. The maximum absolute atomic E-state index is 15.7. The van der Waals surface area contributed by atoms with Gasteiger partial charge in [-0.15, -0.1) is 0 Å². The highest BCUT2D eigenvalue weighted by atomic mass is 19.4. The number of nitrogens with zero attached hydrogens (tertiary/aromatic N) is 7. The number of imide groups is 1. The molecule has 2 aromatic heterocycles. The van der Waals surface area contributed by atoms with Crippen LogP contribution in [-0.2, 0) is 23.9 Å². The summed E-state index contributed by atoms with van der Waals surface area (Å²) in [6.07, 6.45) is -0.680. The van der Waals surface area contributed by atoms with Crippen LogP contribution in [0, 0.1) is 11.7 Å². The minimum atomic E-state index is -4.64. The largest absolute Gasteiger partial charge is 0.416 e. The number of nitrogens with two attached hydrogens (primary N) is 1. The smallest absolute Gasteiger partial charge is 0.372 e. The van der Waals surface area contributed by atoms with E-state index in [1.54, 1.807) is 9.58 Å². The summed E-state index contributed by atoms with van der Waals surface area (Å²) >= 11 is 0. The fraction of sp³-hybridized carbons (Fsp3) is 0.333. The third kappa shape index (κ3) is 8.79. The average Bonchev–Trinajstić information content (AvgIpc) is 3.54. The fourth-order valence-corrected chi connectivity index (χ4v) is 8.93. The van der Waals surface area contributed by atoms with Gasteiger partial charge in [0.05, 0.1) is 5.56 Å². The molecule has 0 spiro atoms. The second-order valence-electron chi connectivity index (χ2n) is 16.4. The number of amides is 5. The van der Waals surface area contributed by atoms with Gasteiger partial charge < -0.3 is 26.2 Å². The second kappa shape index (κ2) is 17.3. The van der Waals surface area contributed by atoms with Gasteiger partial charge in [-0.1, -0.05) is 0 Å². The van der Waals surface area contributed by atoms with Crippen molar-refractivity contribution in [3.8, 4) is 11.3 Å². The number of fused-ring (bicyclic) bond motifs is 2. The Balaban J connectivity index is 0.793. The van der Waals surface area contributed by atoms with Crippen LogP contribution < -0.4 is 36.4 Å². The van der Waals surface area contributed by atoms with Crippen molar-refractivity contribution in [1.29, 1.82) is 0 Å². The summed E-state index contributed by atoms with van der Waals surface area (Å²) in [5.41, 5.74) is 9.35. The first-order valence-electron chi connectivity index (χ1n) is 21.2. The van der Waals surface area contributed by atoms with Crippen molar-refractivity contribution in [3.05, 3.63) is 107 Å². The maximum Gasteiger partial charge on any atom is 0.416 e. The Morgan fingerprint density at radius 2 is 1.52 bits per heavy atom. The summed E-state index contributed by atoms with van der Waals surface area (Å²) in [5.74, 6) is -2.28. The maximum atomic E-state index is 15.7. The molecule has 0 atom stereocenters. The van der Waals surface area contributed by atoms with Gasteiger partial charge in [0, 0.05) is 105 Å². The van der Waals surface area contributed by atoms with Gasteiger partial charge in [-0.3, -0.25) is 29.5 Å². The lowest BCUT2D eigenvalue weighted by molar-refractivity contribution is -0.137. The van der Waals surface area contributed by atoms with Crippen molar-refractivity contribution in [3.63, 3.8) is 0 Å². The molecular formula is C45H45F4N11O4. The van der Waals surface area contributed by atoms with E-state index < -0.39 is 29.4 Å². The molecule has 5 amide bonds. The molecule has 5 N–H and O–H groups in total. The zero-order chi connectivity index (χ0) is 44.7. The van der Waals surface area contributed by atoms with Crippen LogP contribution in [0.4, 0.5) is 56.7 Å². The zero-order valence-electron chi connectivity index (χ0n) is 34.6. The molecule has 3 saturated heterocycles. The van der Waals surface area contributed by atoms with Crippen LogP contribution >= 0.6 is 0 Å². The van der Waals surface area contributed by atoms with Gasteiger partial charge in [-0.05, 0) is 104 Å². The third-order valence-electron chi connectivity index (χ3n) is 12.4. The minimum absolute atomic E-state index is 0.0145. The number of aryl methyl sites for hydroxylation is 2. The van der Waals surface area contributed by atoms with Crippen LogP contribution in [0.1, 0.15) is 51.1 Å². The molecule has 0 radical (unpaired) electrons. The van der Waals surface area contributed by atoms with Crippen molar-refractivity contribution in [2.75, 3.05) is 77.7 Å². The van der Waals surface area contributed by atoms with Crippen LogP contribution in [0.5, 0.6) is 0 Å². The van der Waals surface area contributed by atoms with Crippen molar-refractivity contribution < 1.29 is 36.7 Å². The van der Waals surface area contributed by atoms with Crippen LogP contribution in [0.3, 0.4) is 0 Å². The van der Waals surface area contributed by atoms with E-state index in [0.29, 0.717) is 43.7 Å². The summed E-state index contributed by atoms with van der Waals surface area (Å²) in [7, 11) is 0. The quantitative estimate of drug-likeness (QED) is 0.124. The Kier molecular flexibility index (Phi) is 11.4. The fourth-order valence-electron chi connectivity index (χ4n) is 8.93. The molecule has 332 valence electrons. The van der Waals surface area contributed by atoms with Gasteiger partial charge in [0.15, 0.2) is 0 Å². The number of carbonyl (C=O) groups is 4. The number of primary amides is 1.